The third kappa shape index (κ3) is 5.08. The molecule has 1 aromatic carbocycles. The van der Waals surface area contributed by atoms with Crippen molar-refractivity contribution in [1.29, 1.82) is 0 Å². The zero-order chi connectivity index (χ0) is 17.8. The van der Waals surface area contributed by atoms with Gasteiger partial charge in [-0.1, -0.05) is 18.5 Å². The number of carbonyl (C=O) groups is 2. The van der Waals surface area contributed by atoms with Gasteiger partial charge in [-0.25, -0.2) is 8.42 Å². The van der Waals surface area contributed by atoms with Crippen LogP contribution in [-0.4, -0.2) is 49.9 Å². The Kier molecular flexibility index (Phi) is 6.37. The van der Waals surface area contributed by atoms with Crippen LogP contribution in [0.3, 0.4) is 0 Å². The Bertz CT molecular complexity index is 706. The van der Waals surface area contributed by atoms with E-state index in [2.05, 4.69) is 0 Å². The van der Waals surface area contributed by atoms with Crippen LogP contribution in [0.15, 0.2) is 23.1 Å². The number of nitrogens with zero attached hydrogens (tertiary/aromatic N) is 1. The molecule has 0 radical (unpaired) electrons. The Morgan fingerprint density at radius 2 is 2.04 bits per heavy atom. The SMILES string of the molecule is CC(CN(C)S(=O)(=O)c1cc(Cl)ccc1OCC(N)=O)C(=O)O. The Morgan fingerprint density at radius 3 is 2.57 bits per heavy atom. The van der Waals surface area contributed by atoms with Crippen molar-refractivity contribution in [1.82, 2.24) is 4.31 Å². The minimum Gasteiger partial charge on any atom is -0.482 e. The van der Waals surface area contributed by atoms with Gasteiger partial charge in [-0.2, -0.15) is 4.31 Å². The van der Waals surface area contributed by atoms with E-state index in [-0.39, 0.29) is 22.2 Å². The lowest BCUT2D eigenvalue weighted by atomic mass is 10.2. The molecule has 1 amide bonds. The second-order valence-electron chi connectivity index (χ2n) is 4.87. The van der Waals surface area contributed by atoms with Gasteiger partial charge in [-0.05, 0) is 18.2 Å². The molecule has 0 aliphatic heterocycles. The number of hydrogen-bond acceptors (Lipinski definition) is 5. The standard InChI is InChI=1S/C13H17ClN2O6S/c1-8(13(18)19)6-16(2)23(20,21)11-5-9(14)3-4-10(11)22-7-12(15)17/h3-5,8H,6-7H2,1-2H3,(H2,15,17)(H,18,19). The summed E-state index contributed by atoms with van der Waals surface area (Å²) in [5.74, 6) is -2.88. The first kappa shape index (κ1) is 19.2. The van der Waals surface area contributed by atoms with E-state index in [0.29, 0.717) is 0 Å². The van der Waals surface area contributed by atoms with Gasteiger partial charge in [0.2, 0.25) is 10.0 Å². The number of ether oxygens (including phenoxy) is 1. The van der Waals surface area contributed by atoms with E-state index in [0.717, 1.165) is 10.4 Å². The highest BCUT2D eigenvalue weighted by Crippen LogP contribution is 2.29. The largest absolute Gasteiger partial charge is 0.482 e. The molecule has 0 spiro atoms. The van der Waals surface area contributed by atoms with Gasteiger partial charge in [0.15, 0.2) is 6.61 Å². The second kappa shape index (κ2) is 7.62. The van der Waals surface area contributed by atoms with Crippen LogP contribution in [0, 0.1) is 5.92 Å². The third-order valence-corrected chi connectivity index (χ3v) is 5.00. The summed E-state index contributed by atoms with van der Waals surface area (Å²) in [7, 11) is -2.82. The molecule has 0 heterocycles. The lowest BCUT2D eigenvalue weighted by molar-refractivity contribution is -0.141. The molecule has 23 heavy (non-hydrogen) atoms. The van der Waals surface area contributed by atoms with E-state index in [1.807, 2.05) is 0 Å². The van der Waals surface area contributed by atoms with Gasteiger partial charge in [0, 0.05) is 18.6 Å². The maximum atomic E-state index is 12.6. The van der Waals surface area contributed by atoms with Crippen LogP contribution in [0.5, 0.6) is 5.75 Å². The average molecular weight is 365 g/mol. The Morgan fingerprint density at radius 1 is 1.43 bits per heavy atom. The van der Waals surface area contributed by atoms with Gasteiger partial charge < -0.3 is 15.6 Å². The highest BCUT2D eigenvalue weighted by Gasteiger charge is 2.28. The Balaban J connectivity index is 3.17. The normalized spacial score (nSPS) is 12.9. The zero-order valence-electron chi connectivity index (χ0n) is 12.5. The lowest BCUT2D eigenvalue weighted by Crippen LogP contribution is -2.34. The van der Waals surface area contributed by atoms with E-state index < -0.39 is 34.4 Å². The molecule has 0 fully saturated rings. The average Bonchev–Trinajstić information content (AvgIpc) is 2.45. The van der Waals surface area contributed by atoms with Gasteiger partial charge in [0.1, 0.15) is 10.6 Å². The van der Waals surface area contributed by atoms with Crippen LogP contribution in [0.25, 0.3) is 0 Å². The number of rotatable bonds is 8. The van der Waals surface area contributed by atoms with Crippen LogP contribution in [0.1, 0.15) is 6.92 Å². The van der Waals surface area contributed by atoms with Crippen molar-refractivity contribution in [2.45, 2.75) is 11.8 Å². The monoisotopic (exact) mass is 364 g/mol. The topological polar surface area (TPSA) is 127 Å². The molecule has 1 aromatic rings. The van der Waals surface area contributed by atoms with Gasteiger partial charge in [0.05, 0.1) is 5.92 Å². The molecular weight excluding hydrogens is 348 g/mol. The third-order valence-electron chi connectivity index (χ3n) is 2.92. The first-order chi connectivity index (χ1) is 10.6. The molecule has 3 N–H and O–H groups in total. The quantitative estimate of drug-likeness (QED) is 0.693. The van der Waals surface area contributed by atoms with Crippen molar-refractivity contribution >= 4 is 33.5 Å². The summed E-state index contributed by atoms with van der Waals surface area (Å²) in [5.41, 5.74) is 4.97. The maximum Gasteiger partial charge on any atom is 0.307 e. The molecule has 10 heteroatoms. The number of halogens is 1. The zero-order valence-corrected chi connectivity index (χ0v) is 14.1. The van der Waals surface area contributed by atoms with Crippen LogP contribution in [0.2, 0.25) is 5.02 Å². The Labute approximate surface area is 138 Å². The van der Waals surface area contributed by atoms with Gasteiger partial charge in [-0.3, -0.25) is 9.59 Å². The first-order valence-electron chi connectivity index (χ1n) is 6.45. The number of hydrogen-bond donors (Lipinski definition) is 2. The summed E-state index contributed by atoms with van der Waals surface area (Å²) in [4.78, 5) is 21.4. The van der Waals surface area contributed by atoms with Gasteiger partial charge >= 0.3 is 5.97 Å². The van der Waals surface area contributed by atoms with Crippen LogP contribution < -0.4 is 10.5 Å². The summed E-state index contributed by atoms with van der Waals surface area (Å²) in [6.45, 7) is 0.648. The van der Waals surface area contributed by atoms with Crippen LogP contribution in [-0.2, 0) is 19.6 Å². The van der Waals surface area contributed by atoms with E-state index in [9.17, 15) is 18.0 Å². The molecule has 1 rings (SSSR count). The van der Waals surface area contributed by atoms with Crippen molar-refractivity contribution in [3.63, 3.8) is 0 Å². The second-order valence-corrected chi connectivity index (χ2v) is 7.32. The molecule has 1 atom stereocenters. The summed E-state index contributed by atoms with van der Waals surface area (Å²) >= 11 is 5.82. The number of carboxylic acids is 1. The predicted octanol–water partition coefficient (Wildman–Crippen LogP) is 0.545. The van der Waals surface area contributed by atoms with E-state index in [1.165, 1.54) is 26.1 Å². The number of aliphatic carboxylic acids is 1. The highest BCUT2D eigenvalue weighted by molar-refractivity contribution is 7.89. The molecule has 0 aromatic heterocycles. The van der Waals surface area contributed by atoms with Crippen LogP contribution >= 0.6 is 11.6 Å². The first-order valence-corrected chi connectivity index (χ1v) is 8.27. The molecule has 8 nitrogen and oxygen atoms in total. The molecule has 128 valence electrons. The van der Waals surface area contributed by atoms with Gasteiger partial charge in [0.25, 0.3) is 5.91 Å². The smallest absolute Gasteiger partial charge is 0.307 e. The molecule has 0 aliphatic carbocycles. The summed E-state index contributed by atoms with van der Waals surface area (Å²) in [6, 6.07) is 3.86. The summed E-state index contributed by atoms with van der Waals surface area (Å²) < 4.78 is 31.1. The number of primary amides is 1. The Hall–Kier alpha value is -1.84. The number of carbonyl (C=O) groups excluding carboxylic acids is 1. The fourth-order valence-corrected chi connectivity index (χ4v) is 3.33. The highest BCUT2D eigenvalue weighted by atomic mass is 35.5. The molecule has 0 aliphatic rings. The lowest BCUT2D eigenvalue weighted by Gasteiger charge is -2.21. The number of carboxylic acid groups (broad SMARTS) is 1. The van der Waals surface area contributed by atoms with Crippen molar-refractivity contribution in [3.8, 4) is 5.75 Å². The molecule has 0 saturated carbocycles. The minimum atomic E-state index is -4.06. The minimum absolute atomic E-state index is 0.0944. The van der Waals surface area contributed by atoms with Crippen molar-refractivity contribution < 1.29 is 27.9 Å². The molecule has 1 unspecified atom stereocenters. The number of sulfonamides is 1. The predicted molar refractivity (Wildman–Crippen MR) is 82.8 cm³/mol. The molecular formula is C13H17ClN2O6S. The van der Waals surface area contributed by atoms with Crippen molar-refractivity contribution in [2.75, 3.05) is 20.2 Å². The molecule has 0 saturated heterocycles. The fourth-order valence-electron chi connectivity index (χ4n) is 1.68. The fraction of sp³-hybridized carbons (Fsp3) is 0.385. The van der Waals surface area contributed by atoms with E-state index in [1.54, 1.807) is 0 Å². The van der Waals surface area contributed by atoms with Crippen molar-refractivity contribution in [2.24, 2.45) is 11.7 Å². The number of nitrogens with two attached hydrogens (primary N) is 1. The molecule has 0 bridgehead atoms. The van der Waals surface area contributed by atoms with Crippen molar-refractivity contribution in [3.05, 3.63) is 23.2 Å². The van der Waals surface area contributed by atoms with Gasteiger partial charge in [-0.15, -0.1) is 0 Å². The van der Waals surface area contributed by atoms with E-state index in [4.69, 9.17) is 27.2 Å². The number of amides is 1. The maximum absolute atomic E-state index is 12.6. The van der Waals surface area contributed by atoms with Crippen LogP contribution in [0.4, 0.5) is 0 Å². The van der Waals surface area contributed by atoms with E-state index >= 15 is 0 Å². The number of benzene rings is 1. The summed E-state index contributed by atoms with van der Waals surface area (Å²) in [5, 5.41) is 9.04. The summed E-state index contributed by atoms with van der Waals surface area (Å²) in [6.07, 6.45) is 0.